The van der Waals surface area contributed by atoms with Gasteiger partial charge >= 0.3 is 5.97 Å². The van der Waals surface area contributed by atoms with Crippen LogP contribution in [0.15, 0.2) is 18.2 Å². The molecule has 5 nitrogen and oxygen atoms in total. The molecule has 1 aromatic rings. The minimum Gasteiger partial charge on any atom is -0.493 e. The van der Waals surface area contributed by atoms with Gasteiger partial charge in [0.2, 0.25) is 0 Å². The number of carbonyl (C=O) groups is 1. The number of likely N-dealkylation sites (tertiary alicyclic amines) is 1. The van der Waals surface area contributed by atoms with Crippen molar-refractivity contribution in [2.45, 2.75) is 26.4 Å². The number of likely N-dealkylation sites (N-methyl/N-ethyl adjacent to an activating group) is 1. The normalized spacial score (nSPS) is 16.4. The van der Waals surface area contributed by atoms with Crippen LogP contribution in [0.4, 0.5) is 0 Å². The molecule has 0 aliphatic carbocycles. The van der Waals surface area contributed by atoms with Crippen molar-refractivity contribution in [3.8, 4) is 11.5 Å². The van der Waals surface area contributed by atoms with Crippen LogP contribution in [0, 0.1) is 5.41 Å². The Kier molecular flexibility index (Phi) is 4.42. The van der Waals surface area contributed by atoms with Crippen molar-refractivity contribution in [2.24, 2.45) is 5.41 Å². The first-order valence-corrected chi connectivity index (χ1v) is 7.07. The summed E-state index contributed by atoms with van der Waals surface area (Å²) in [6.07, 6.45) is 0.649. The first kappa shape index (κ1) is 15.6. The Morgan fingerprint density at radius 1 is 1.38 bits per heavy atom. The van der Waals surface area contributed by atoms with Crippen LogP contribution in [0.25, 0.3) is 0 Å². The van der Waals surface area contributed by atoms with E-state index in [-0.39, 0.29) is 6.10 Å². The van der Waals surface area contributed by atoms with Crippen LogP contribution in [-0.4, -0.2) is 49.3 Å². The Hall–Kier alpha value is -1.75. The van der Waals surface area contributed by atoms with Crippen LogP contribution in [0.1, 0.15) is 19.4 Å². The lowest BCUT2D eigenvalue weighted by Gasteiger charge is -2.36. The number of carboxylic acids is 1. The second kappa shape index (κ2) is 5.93. The fourth-order valence-corrected chi connectivity index (χ4v) is 2.40. The maximum absolute atomic E-state index is 11.2. The van der Waals surface area contributed by atoms with Gasteiger partial charge in [-0.3, -0.25) is 9.69 Å². The summed E-state index contributed by atoms with van der Waals surface area (Å²) in [6, 6.07) is 5.64. The van der Waals surface area contributed by atoms with E-state index in [4.69, 9.17) is 9.47 Å². The Morgan fingerprint density at radius 3 is 2.57 bits per heavy atom. The van der Waals surface area contributed by atoms with Crippen molar-refractivity contribution in [1.82, 2.24) is 4.90 Å². The van der Waals surface area contributed by atoms with E-state index in [1.54, 1.807) is 21.0 Å². The number of nitrogens with zero attached hydrogens (tertiary/aromatic N) is 1. The smallest absolute Gasteiger partial charge is 0.309 e. The maximum Gasteiger partial charge on any atom is 0.309 e. The molecule has 0 saturated carbocycles. The molecule has 1 N–H and O–H groups in total. The number of methoxy groups -OCH3 is 1. The zero-order chi connectivity index (χ0) is 15.6. The molecule has 21 heavy (non-hydrogen) atoms. The zero-order valence-corrected chi connectivity index (χ0v) is 13.0. The topological polar surface area (TPSA) is 59.0 Å². The van der Waals surface area contributed by atoms with Crippen molar-refractivity contribution >= 4 is 5.97 Å². The third kappa shape index (κ3) is 3.67. The molecular formula is C16H23NO4. The number of benzene rings is 1. The molecule has 0 atom stereocenters. The molecule has 0 unspecified atom stereocenters. The highest BCUT2D eigenvalue weighted by Crippen LogP contribution is 2.32. The summed E-state index contributed by atoms with van der Waals surface area (Å²) in [4.78, 5) is 13.4. The predicted molar refractivity (Wildman–Crippen MR) is 80.0 cm³/mol. The molecule has 1 fully saturated rings. The van der Waals surface area contributed by atoms with Gasteiger partial charge in [-0.1, -0.05) is 6.07 Å². The van der Waals surface area contributed by atoms with Gasteiger partial charge in [0, 0.05) is 13.1 Å². The summed E-state index contributed by atoms with van der Waals surface area (Å²) < 4.78 is 11.3. The highest BCUT2D eigenvalue weighted by atomic mass is 16.5. The monoisotopic (exact) mass is 293 g/mol. The molecule has 116 valence electrons. The first-order valence-electron chi connectivity index (χ1n) is 7.07. The minimum absolute atomic E-state index is 0.199. The molecule has 1 aliphatic heterocycles. The quantitative estimate of drug-likeness (QED) is 0.870. The average Bonchev–Trinajstić information content (AvgIpc) is 2.38. The highest BCUT2D eigenvalue weighted by molar-refractivity contribution is 5.74. The molecule has 1 aromatic carbocycles. The van der Waals surface area contributed by atoms with Crippen LogP contribution in [0.5, 0.6) is 11.5 Å². The van der Waals surface area contributed by atoms with Gasteiger partial charge in [-0.2, -0.15) is 0 Å². The van der Waals surface area contributed by atoms with Gasteiger partial charge in [-0.25, -0.2) is 0 Å². The summed E-state index contributed by atoms with van der Waals surface area (Å²) in [5, 5.41) is 9.21. The van der Waals surface area contributed by atoms with Gasteiger partial charge in [-0.15, -0.1) is 0 Å². The number of aliphatic carboxylic acids is 1. The van der Waals surface area contributed by atoms with Crippen molar-refractivity contribution in [1.29, 1.82) is 0 Å². The van der Waals surface area contributed by atoms with E-state index in [2.05, 4.69) is 4.90 Å². The van der Waals surface area contributed by atoms with Crippen LogP contribution >= 0.6 is 0 Å². The summed E-state index contributed by atoms with van der Waals surface area (Å²) in [6.45, 7) is 5.26. The molecule has 0 aromatic heterocycles. The number of ether oxygens (including phenoxy) is 2. The predicted octanol–water partition coefficient (Wildman–Crippen LogP) is 2.04. The fraction of sp³-hybridized carbons (Fsp3) is 0.562. The third-order valence-electron chi connectivity index (χ3n) is 3.78. The van der Waals surface area contributed by atoms with Crippen molar-refractivity contribution in [3.63, 3.8) is 0 Å². The molecule has 0 bridgehead atoms. The Morgan fingerprint density at radius 2 is 2.05 bits per heavy atom. The van der Waals surface area contributed by atoms with Crippen LogP contribution in [-0.2, 0) is 11.2 Å². The molecule has 0 radical (unpaired) electrons. The van der Waals surface area contributed by atoms with E-state index in [1.807, 2.05) is 25.2 Å². The minimum atomic E-state index is -0.806. The van der Waals surface area contributed by atoms with Crippen molar-refractivity contribution < 1.29 is 19.4 Å². The molecule has 2 rings (SSSR count). The number of hydrogen-bond acceptors (Lipinski definition) is 4. The lowest BCUT2D eigenvalue weighted by atomic mass is 9.86. The molecule has 1 aliphatic rings. The van der Waals surface area contributed by atoms with Gasteiger partial charge in [0.15, 0.2) is 11.5 Å². The fourth-order valence-electron chi connectivity index (χ4n) is 2.40. The lowest BCUT2D eigenvalue weighted by Crippen LogP contribution is -2.51. The number of hydrogen-bond donors (Lipinski definition) is 1. The third-order valence-corrected chi connectivity index (χ3v) is 3.78. The van der Waals surface area contributed by atoms with Crippen molar-refractivity contribution in [2.75, 3.05) is 27.2 Å². The Balaban J connectivity index is 2.10. The van der Waals surface area contributed by atoms with E-state index in [0.29, 0.717) is 17.9 Å². The van der Waals surface area contributed by atoms with Gasteiger partial charge in [-0.05, 0) is 45.0 Å². The summed E-state index contributed by atoms with van der Waals surface area (Å²) >= 11 is 0. The van der Waals surface area contributed by atoms with Crippen LogP contribution < -0.4 is 9.47 Å². The van der Waals surface area contributed by atoms with Crippen LogP contribution in [0.2, 0.25) is 0 Å². The van der Waals surface area contributed by atoms with E-state index < -0.39 is 11.4 Å². The molecular weight excluding hydrogens is 270 g/mol. The lowest BCUT2D eigenvalue weighted by molar-refractivity contribution is -0.146. The molecule has 1 heterocycles. The van der Waals surface area contributed by atoms with Crippen molar-refractivity contribution in [3.05, 3.63) is 23.8 Å². The van der Waals surface area contributed by atoms with Gasteiger partial charge in [0.05, 0.1) is 12.5 Å². The highest BCUT2D eigenvalue weighted by Gasteiger charge is 2.29. The number of carboxylic acid groups (broad SMARTS) is 1. The van der Waals surface area contributed by atoms with E-state index >= 15 is 0 Å². The largest absolute Gasteiger partial charge is 0.493 e. The SMILES string of the molecule is COc1cc(CC(C)(C)C(=O)O)ccc1OC1CN(C)C1. The summed E-state index contributed by atoms with van der Waals surface area (Å²) in [5.74, 6) is 0.565. The summed E-state index contributed by atoms with van der Waals surface area (Å²) in [7, 11) is 3.65. The van der Waals surface area contributed by atoms with E-state index in [1.165, 1.54) is 0 Å². The maximum atomic E-state index is 11.2. The first-order chi connectivity index (χ1) is 9.81. The van der Waals surface area contributed by atoms with Gasteiger partial charge in [0.1, 0.15) is 6.10 Å². The molecule has 5 heteroatoms. The second-order valence-corrected chi connectivity index (χ2v) is 6.31. The van der Waals surface area contributed by atoms with E-state index in [9.17, 15) is 9.90 Å². The zero-order valence-electron chi connectivity index (χ0n) is 13.0. The average molecular weight is 293 g/mol. The second-order valence-electron chi connectivity index (χ2n) is 6.31. The molecule has 0 amide bonds. The van der Waals surface area contributed by atoms with E-state index in [0.717, 1.165) is 18.7 Å². The summed E-state index contributed by atoms with van der Waals surface area (Å²) in [5.41, 5.74) is 0.127. The molecule has 0 spiro atoms. The van der Waals surface area contributed by atoms with Gasteiger partial charge < -0.3 is 14.6 Å². The Labute approximate surface area is 125 Å². The molecule has 1 saturated heterocycles. The standard InChI is InChI=1S/C16H23NO4/c1-16(2,15(18)19)8-11-5-6-13(14(7-11)20-4)21-12-9-17(3)10-12/h5-7,12H,8-10H2,1-4H3,(H,18,19). The Bertz CT molecular complexity index is 521. The van der Waals surface area contributed by atoms with Crippen LogP contribution in [0.3, 0.4) is 0 Å². The number of rotatable bonds is 6. The van der Waals surface area contributed by atoms with Gasteiger partial charge in [0.25, 0.3) is 0 Å².